The molecule has 0 bridgehead atoms. The third-order valence-corrected chi connectivity index (χ3v) is 5.92. The van der Waals surface area contributed by atoms with Gasteiger partial charge in [0.15, 0.2) is 5.82 Å². The van der Waals surface area contributed by atoms with Crippen LogP contribution < -0.4 is 5.73 Å². The molecule has 0 saturated carbocycles. The Kier molecular flexibility index (Phi) is 7.57. The predicted molar refractivity (Wildman–Crippen MR) is 129 cm³/mol. The van der Waals surface area contributed by atoms with Gasteiger partial charge in [-0.3, -0.25) is 0 Å². The van der Waals surface area contributed by atoms with Crippen molar-refractivity contribution in [3.63, 3.8) is 0 Å². The van der Waals surface area contributed by atoms with Crippen LogP contribution in [0.2, 0.25) is 0 Å². The average Bonchev–Trinajstić information content (AvgIpc) is 3.50. The Morgan fingerprint density at radius 1 is 0.970 bits per heavy atom. The van der Waals surface area contributed by atoms with Crippen molar-refractivity contribution in [3.8, 4) is 22.5 Å². The summed E-state index contributed by atoms with van der Waals surface area (Å²) >= 11 is 0. The first-order chi connectivity index (χ1) is 16.1. The molecule has 0 aliphatic heterocycles. The van der Waals surface area contributed by atoms with Crippen molar-refractivity contribution >= 4 is 0 Å². The van der Waals surface area contributed by atoms with Gasteiger partial charge >= 0.3 is 0 Å². The maximum absolute atomic E-state index is 6.33. The van der Waals surface area contributed by atoms with Gasteiger partial charge in [0.25, 0.3) is 0 Å². The summed E-state index contributed by atoms with van der Waals surface area (Å²) in [5, 5.41) is 18.7. The first-order valence-electron chi connectivity index (χ1n) is 11.6. The SMILES string of the molecule is CC(C)CCCC(N)CCc1ncnn1Cc1ccc(-c2ccccc2-c2nnn[nH]2)cc1. The van der Waals surface area contributed by atoms with Crippen LogP contribution in [-0.2, 0) is 13.0 Å². The van der Waals surface area contributed by atoms with E-state index in [1.54, 1.807) is 6.33 Å². The van der Waals surface area contributed by atoms with E-state index >= 15 is 0 Å². The predicted octanol–water partition coefficient (Wildman–Crippen LogP) is 4.26. The summed E-state index contributed by atoms with van der Waals surface area (Å²) in [6, 6.07) is 16.8. The largest absolute Gasteiger partial charge is 0.328 e. The molecule has 0 aliphatic rings. The van der Waals surface area contributed by atoms with Gasteiger partial charge in [-0.15, -0.1) is 5.10 Å². The zero-order valence-corrected chi connectivity index (χ0v) is 19.4. The van der Waals surface area contributed by atoms with Crippen LogP contribution in [0.25, 0.3) is 22.5 Å². The highest BCUT2D eigenvalue weighted by atomic mass is 15.5. The van der Waals surface area contributed by atoms with E-state index in [9.17, 15) is 0 Å². The van der Waals surface area contributed by atoms with Gasteiger partial charge in [0.2, 0.25) is 0 Å². The molecule has 2 aromatic heterocycles. The Labute approximate surface area is 194 Å². The Hall–Kier alpha value is -3.39. The van der Waals surface area contributed by atoms with E-state index in [0.29, 0.717) is 12.4 Å². The number of aromatic amines is 1. The van der Waals surface area contributed by atoms with Gasteiger partial charge in [0, 0.05) is 18.0 Å². The highest BCUT2D eigenvalue weighted by molar-refractivity contribution is 5.80. The van der Waals surface area contributed by atoms with Gasteiger partial charge in [-0.05, 0) is 45.9 Å². The lowest BCUT2D eigenvalue weighted by Crippen LogP contribution is -2.21. The molecular formula is C25H32N8. The maximum Gasteiger partial charge on any atom is 0.180 e. The summed E-state index contributed by atoms with van der Waals surface area (Å²) in [7, 11) is 0. The van der Waals surface area contributed by atoms with Crippen molar-refractivity contribution < 1.29 is 0 Å². The molecule has 3 N–H and O–H groups in total. The fourth-order valence-electron chi connectivity index (χ4n) is 4.04. The second-order valence-corrected chi connectivity index (χ2v) is 8.95. The summed E-state index contributed by atoms with van der Waals surface area (Å²) in [6.07, 6.45) is 6.91. The fourth-order valence-corrected chi connectivity index (χ4v) is 4.04. The maximum atomic E-state index is 6.33. The number of nitrogens with one attached hydrogen (secondary N) is 1. The van der Waals surface area contributed by atoms with Crippen molar-refractivity contribution in [1.82, 2.24) is 35.4 Å². The van der Waals surface area contributed by atoms with Crippen LogP contribution in [0.1, 0.15) is 50.9 Å². The van der Waals surface area contributed by atoms with Crippen molar-refractivity contribution in [2.24, 2.45) is 11.7 Å². The summed E-state index contributed by atoms with van der Waals surface area (Å²) in [5.74, 6) is 2.38. The molecule has 0 amide bonds. The van der Waals surface area contributed by atoms with Crippen LogP contribution in [0.3, 0.4) is 0 Å². The molecule has 0 aliphatic carbocycles. The second kappa shape index (κ2) is 11.0. The first kappa shape index (κ1) is 22.8. The summed E-state index contributed by atoms with van der Waals surface area (Å²) in [4.78, 5) is 4.47. The molecule has 8 heteroatoms. The fraction of sp³-hybridized carbons (Fsp3) is 0.400. The second-order valence-electron chi connectivity index (χ2n) is 8.95. The van der Waals surface area contributed by atoms with Crippen LogP contribution in [-0.4, -0.2) is 41.4 Å². The topological polar surface area (TPSA) is 111 Å². The molecule has 4 rings (SSSR count). The number of hydrogen-bond donors (Lipinski definition) is 2. The molecule has 0 radical (unpaired) electrons. The zero-order chi connectivity index (χ0) is 23.0. The Morgan fingerprint density at radius 2 is 1.76 bits per heavy atom. The summed E-state index contributed by atoms with van der Waals surface area (Å²) in [5.41, 5.74) is 10.7. The molecule has 0 fully saturated rings. The number of hydrogen-bond acceptors (Lipinski definition) is 6. The van der Waals surface area contributed by atoms with Crippen LogP contribution in [0.5, 0.6) is 0 Å². The van der Waals surface area contributed by atoms with Crippen molar-refractivity contribution in [2.45, 2.75) is 58.5 Å². The number of aryl methyl sites for hydroxylation is 1. The van der Waals surface area contributed by atoms with Crippen molar-refractivity contribution in [3.05, 3.63) is 66.2 Å². The zero-order valence-electron chi connectivity index (χ0n) is 19.4. The third-order valence-electron chi connectivity index (χ3n) is 5.92. The van der Waals surface area contributed by atoms with Crippen molar-refractivity contribution in [2.75, 3.05) is 0 Å². The van der Waals surface area contributed by atoms with E-state index in [1.807, 2.05) is 22.9 Å². The lowest BCUT2D eigenvalue weighted by molar-refractivity contribution is 0.476. The number of H-pyrrole nitrogens is 1. The quantitative estimate of drug-likeness (QED) is 0.357. The van der Waals surface area contributed by atoms with E-state index in [-0.39, 0.29) is 6.04 Å². The van der Waals surface area contributed by atoms with E-state index in [0.717, 1.165) is 47.7 Å². The molecule has 1 atom stereocenters. The van der Waals surface area contributed by atoms with Gasteiger partial charge in [-0.25, -0.2) is 14.8 Å². The number of nitrogens with two attached hydrogens (primary N) is 1. The molecule has 33 heavy (non-hydrogen) atoms. The number of tetrazole rings is 1. The minimum absolute atomic E-state index is 0.216. The molecule has 0 saturated heterocycles. The average molecular weight is 445 g/mol. The highest BCUT2D eigenvalue weighted by Gasteiger charge is 2.12. The highest BCUT2D eigenvalue weighted by Crippen LogP contribution is 2.29. The minimum Gasteiger partial charge on any atom is -0.328 e. The number of nitrogens with zero attached hydrogens (tertiary/aromatic N) is 6. The van der Waals surface area contributed by atoms with E-state index in [2.05, 4.69) is 74.9 Å². The van der Waals surface area contributed by atoms with Gasteiger partial charge in [-0.2, -0.15) is 5.10 Å². The molecule has 0 spiro atoms. The molecule has 4 aromatic rings. The molecule has 1 unspecified atom stereocenters. The van der Waals surface area contributed by atoms with Crippen LogP contribution in [0.4, 0.5) is 0 Å². The standard InChI is InChI=1S/C25H32N8/c1-18(2)6-5-7-21(26)14-15-24-27-17-28-33(24)16-19-10-12-20(13-11-19)22-8-3-4-9-23(22)25-29-31-32-30-25/h3-4,8-13,17-18,21H,5-7,14-16,26H2,1-2H3,(H,29,30,31,32). The van der Waals surface area contributed by atoms with Crippen LogP contribution >= 0.6 is 0 Å². The first-order valence-corrected chi connectivity index (χ1v) is 11.6. The number of benzene rings is 2. The number of rotatable bonds is 11. The van der Waals surface area contributed by atoms with E-state index in [1.165, 1.54) is 18.4 Å². The molecule has 2 aromatic carbocycles. The van der Waals surface area contributed by atoms with Crippen molar-refractivity contribution in [1.29, 1.82) is 0 Å². The van der Waals surface area contributed by atoms with Crippen LogP contribution in [0.15, 0.2) is 54.9 Å². The van der Waals surface area contributed by atoms with Gasteiger partial charge in [-0.1, -0.05) is 75.2 Å². The normalized spacial score (nSPS) is 12.4. The monoisotopic (exact) mass is 444 g/mol. The molecule has 2 heterocycles. The minimum atomic E-state index is 0.216. The van der Waals surface area contributed by atoms with E-state index in [4.69, 9.17) is 5.73 Å². The Morgan fingerprint density at radius 3 is 2.48 bits per heavy atom. The smallest absolute Gasteiger partial charge is 0.180 e. The number of aromatic nitrogens is 7. The molecule has 172 valence electrons. The summed E-state index contributed by atoms with van der Waals surface area (Å²) in [6.45, 7) is 5.20. The van der Waals surface area contributed by atoms with Gasteiger partial charge < -0.3 is 5.73 Å². The van der Waals surface area contributed by atoms with Gasteiger partial charge in [0.05, 0.1) is 6.54 Å². The lowest BCUT2D eigenvalue weighted by Gasteiger charge is -2.13. The van der Waals surface area contributed by atoms with Gasteiger partial charge in [0.1, 0.15) is 12.2 Å². The summed E-state index contributed by atoms with van der Waals surface area (Å²) < 4.78 is 1.98. The third kappa shape index (κ3) is 6.10. The molecular weight excluding hydrogens is 412 g/mol. The Bertz CT molecular complexity index is 1120. The van der Waals surface area contributed by atoms with Crippen LogP contribution in [0, 0.1) is 5.92 Å². The Balaban J connectivity index is 1.39. The lowest BCUT2D eigenvalue weighted by atomic mass is 9.98. The molecule has 8 nitrogen and oxygen atoms in total. The van der Waals surface area contributed by atoms with E-state index < -0.39 is 0 Å².